The third-order valence-corrected chi connectivity index (χ3v) is 5.03. The number of halogens is 1. The normalized spacial score (nSPS) is 14.5. The Morgan fingerprint density at radius 1 is 1.14 bits per heavy atom. The Hall–Kier alpha value is -1.27. The number of nitrogens with one attached hydrogen (secondary N) is 1. The van der Waals surface area contributed by atoms with Crippen LogP contribution in [0.3, 0.4) is 0 Å². The quantitative estimate of drug-likeness (QED) is 0.861. The van der Waals surface area contributed by atoms with Gasteiger partial charge >= 0.3 is 0 Å². The summed E-state index contributed by atoms with van der Waals surface area (Å²) in [5.41, 5.74) is 0.409. The number of hydrogen-bond donors (Lipinski definition) is 1. The third kappa shape index (κ3) is 4.88. The molecule has 7 heteroatoms. The fraction of sp³-hybridized carbons (Fsp3) is 0.533. The molecule has 1 aromatic rings. The van der Waals surface area contributed by atoms with Gasteiger partial charge in [0.25, 0.3) is 0 Å². The summed E-state index contributed by atoms with van der Waals surface area (Å²) in [5.74, 6) is -0.0695. The minimum atomic E-state index is -3.60. The van der Waals surface area contributed by atoms with E-state index >= 15 is 0 Å². The number of sulfonamides is 1. The van der Waals surface area contributed by atoms with Crippen molar-refractivity contribution in [3.8, 4) is 0 Å². The largest absolute Gasteiger partial charge is 0.352 e. The lowest BCUT2D eigenvalue weighted by atomic mass is 10.1. The highest BCUT2D eigenvalue weighted by Crippen LogP contribution is 2.23. The van der Waals surface area contributed by atoms with E-state index in [4.69, 9.17) is 11.6 Å². The molecule has 2 unspecified atom stereocenters. The van der Waals surface area contributed by atoms with Gasteiger partial charge in [0.1, 0.15) is 6.04 Å². The lowest BCUT2D eigenvalue weighted by Gasteiger charge is -2.29. The average molecular weight is 347 g/mol. The molecule has 124 valence electrons. The molecule has 1 rings (SSSR count). The summed E-state index contributed by atoms with van der Waals surface area (Å²) in [6.07, 6.45) is 1.08. The van der Waals surface area contributed by atoms with Crippen LogP contribution in [0, 0.1) is 5.92 Å². The van der Waals surface area contributed by atoms with E-state index in [9.17, 15) is 13.2 Å². The van der Waals surface area contributed by atoms with E-state index in [-0.39, 0.29) is 17.9 Å². The Morgan fingerprint density at radius 2 is 1.64 bits per heavy atom. The summed E-state index contributed by atoms with van der Waals surface area (Å²) in [7, 11) is -3.60. The van der Waals surface area contributed by atoms with Gasteiger partial charge in [-0.1, -0.05) is 25.4 Å². The zero-order chi connectivity index (χ0) is 17.1. The van der Waals surface area contributed by atoms with E-state index in [0.29, 0.717) is 10.7 Å². The standard InChI is InChI=1S/C15H23ClN2O3S/c1-10(2)11(3)17-15(19)12(4)18(22(5,20)21)14-8-6-13(16)7-9-14/h6-12H,1-5H3,(H,17,19). The second-order valence-electron chi connectivity index (χ2n) is 5.75. The SMILES string of the molecule is CC(C)C(C)NC(=O)C(C)N(c1ccc(Cl)cc1)S(C)(=O)=O. The Balaban J connectivity index is 3.08. The number of nitrogens with zero attached hydrogens (tertiary/aromatic N) is 1. The van der Waals surface area contributed by atoms with Crippen LogP contribution in [-0.4, -0.2) is 32.7 Å². The van der Waals surface area contributed by atoms with Crippen molar-refractivity contribution in [2.24, 2.45) is 5.92 Å². The number of benzene rings is 1. The highest BCUT2D eigenvalue weighted by molar-refractivity contribution is 7.92. The summed E-state index contributed by atoms with van der Waals surface area (Å²) in [6.45, 7) is 7.44. The van der Waals surface area contributed by atoms with Gasteiger partial charge in [0, 0.05) is 11.1 Å². The molecule has 0 aliphatic heterocycles. The van der Waals surface area contributed by atoms with Crippen molar-refractivity contribution < 1.29 is 13.2 Å². The highest BCUT2D eigenvalue weighted by atomic mass is 35.5. The van der Waals surface area contributed by atoms with Crippen LogP contribution < -0.4 is 9.62 Å². The average Bonchev–Trinajstić information content (AvgIpc) is 2.39. The second kappa shape index (κ2) is 7.33. The molecule has 0 aliphatic rings. The Bertz CT molecular complexity index is 614. The Kier molecular flexibility index (Phi) is 6.26. The molecule has 0 heterocycles. The molecular formula is C15H23ClN2O3S. The molecule has 5 nitrogen and oxygen atoms in total. The van der Waals surface area contributed by atoms with Gasteiger partial charge in [-0.3, -0.25) is 9.10 Å². The van der Waals surface area contributed by atoms with Gasteiger partial charge in [-0.05, 0) is 44.0 Å². The van der Waals surface area contributed by atoms with Gasteiger partial charge in [0.05, 0.1) is 11.9 Å². The molecule has 0 aliphatic carbocycles. The van der Waals surface area contributed by atoms with Crippen LogP contribution in [0.4, 0.5) is 5.69 Å². The lowest BCUT2D eigenvalue weighted by molar-refractivity contribution is -0.122. The minimum absolute atomic E-state index is 0.0402. The molecule has 0 fully saturated rings. The van der Waals surface area contributed by atoms with Gasteiger partial charge in [0.15, 0.2) is 0 Å². The van der Waals surface area contributed by atoms with Gasteiger partial charge in [-0.2, -0.15) is 0 Å². The number of anilines is 1. The maximum absolute atomic E-state index is 12.3. The fourth-order valence-electron chi connectivity index (χ4n) is 1.91. The third-order valence-electron chi connectivity index (χ3n) is 3.54. The summed E-state index contributed by atoms with van der Waals surface area (Å²) >= 11 is 5.83. The van der Waals surface area contributed by atoms with E-state index in [1.807, 2.05) is 20.8 Å². The van der Waals surface area contributed by atoms with Crippen molar-refractivity contribution in [3.63, 3.8) is 0 Å². The Morgan fingerprint density at radius 3 is 2.05 bits per heavy atom. The first kappa shape index (κ1) is 18.8. The minimum Gasteiger partial charge on any atom is -0.352 e. The summed E-state index contributed by atoms with van der Waals surface area (Å²) in [4.78, 5) is 12.3. The first-order valence-corrected chi connectivity index (χ1v) is 9.32. The van der Waals surface area contributed by atoms with Crippen molar-refractivity contribution in [2.75, 3.05) is 10.6 Å². The number of rotatable bonds is 6. The van der Waals surface area contributed by atoms with E-state index in [2.05, 4.69) is 5.32 Å². The molecule has 0 radical (unpaired) electrons. The fourth-order valence-corrected chi connectivity index (χ4v) is 3.21. The number of carbonyl (C=O) groups is 1. The van der Waals surface area contributed by atoms with Crippen molar-refractivity contribution in [3.05, 3.63) is 29.3 Å². The molecule has 1 N–H and O–H groups in total. The Labute approximate surface area is 137 Å². The molecule has 0 saturated heterocycles. The van der Waals surface area contributed by atoms with Crippen molar-refractivity contribution in [2.45, 2.75) is 39.8 Å². The molecule has 1 aromatic carbocycles. The van der Waals surface area contributed by atoms with E-state index in [0.717, 1.165) is 10.6 Å². The number of carbonyl (C=O) groups excluding carboxylic acids is 1. The smallest absolute Gasteiger partial charge is 0.243 e. The molecule has 22 heavy (non-hydrogen) atoms. The van der Waals surface area contributed by atoms with Crippen LogP contribution in [0.25, 0.3) is 0 Å². The zero-order valence-electron chi connectivity index (χ0n) is 13.5. The van der Waals surface area contributed by atoms with Crippen molar-refractivity contribution in [1.82, 2.24) is 5.32 Å². The lowest BCUT2D eigenvalue weighted by Crippen LogP contribution is -2.50. The topological polar surface area (TPSA) is 66.5 Å². The predicted octanol–water partition coefficient (Wildman–Crippen LogP) is 2.66. The van der Waals surface area contributed by atoms with Crippen LogP contribution in [0.5, 0.6) is 0 Å². The molecule has 1 amide bonds. The first-order valence-electron chi connectivity index (χ1n) is 7.09. The van der Waals surface area contributed by atoms with Crippen LogP contribution in [0.15, 0.2) is 24.3 Å². The van der Waals surface area contributed by atoms with Gasteiger partial charge < -0.3 is 5.32 Å². The van der Waals surface area contributed by atoms with E-state index < -0.39 is 16.1 Å². The maximum atomic E-state index is 12.3. The monoisotopic (exact) mass is 346 g/mol. The molecule has 0 aromatic heterocycles. The molecule has 0 bridgehead atoms. The molecule has 2 atom stereocenters. The van der Waals surface area contributed by atoms with Gasteiger partial charge in [-0.25, -0.2) is 8.42 Å². The van der Waals surface area contributed by atoms with Crippen LogP contribution in [0.2, 0.25) is 5.02 Å². The van der Waals surface area contributed by atoms with E-state index in [1.165, 1.54) is 0 Å². The molecular weight excluding hydrogens is 324 g/mol. The summed E-state index contributed by atoms with van der Waals surface area (Å²) in [5, 5.41) is 3.34. The molecule has 0 saturated carbocycles. The molecule has 0 spiro atoms. The number of hydrogen-bond acceptors (Lipinski definition) is 3. The highest BCUT2D eigenvalue weighted by Gasteiger charge is 2.29. The zero-order valence-corrected chi connectivity index (χ0v) is 15.1. The van der Waals surface area contributed by atoms with Gasteiger partial charge in [0.2, 0.25) is 15.9 Å². The first-order chi connectivity index (χ1) is 10.0. The van der Waals surface area contributed by atoms with Crippen molar-refractivity contribution >= 4 is 33.2 Å². The van der Waals surface area contributed by atoms with Crippen LogP contribution in [0.1, 0.15) is 27.7 Å². The van der Waals surface area contributed by atoms with Crippen molar-refractivity contribution in [1.29, 1.82) is 0 Å². The van der Waals surface area contributed by atoms with Crippen LogP contribution >= 0.6 is 11.6 Å². The predicted molar refractivity (Wildman–Crippen MR) is 90.7 cm³/mol. The summed E-state index contributed by atoms with van der Waals surface area (Å²) < 4.78 is 25.3. The maximum Gasteiger partial charge on any atom is 0.243 e. The van der Waals surface area contributed by atoms with Gasteiger partial charge in [-0.15, -0.1) is 0 Å². The van der Waals surface area contributed by atoms with E-state index in [1.54, 1.807) is 31.2 Å². The van der Waals surface area contributed by atoms with Crippen LogP contribution in [-0.2, 0) is 14.8 Å². The number of amides is 1. The second-order valence-corrected chi connectivity index (χ2v) is 8.05. The summed E-state index contributed by atoms with van der Waals surface area (Å²) in [6, 6.07) is 5.46.